The fourth-order valence-electron chi connectivity index (χ4n) is 5.35. The average molecular weight is 546 g/mol. The first kappa shape index (κ1) is 24.7. The zero-order valence-corrected chi connectivity index (χ0v) is 21.3. The first-order valence-corrected chi connectivity index (χ1v) is 12.9. The third kappa shape index (κ3) is 4.25. The Morgan fingerprint density at radius 2 is 1.75 bits per heavy atom. The number of para-hydroxylation sites is 1. The number of nitrogens with zero attached hydrogens (tertiary/aromatic N) is 2. The fourth-order valence-corrected chi connectivity index (χ4v) is 7.54. The molecule has 0 spiro atoms. The van der Waals surface area contributed by atoms with Crippen LogP contribution in [-0.4, -0.2) is 27.6 Å². The Morgan fingerprint density at radius 3 is 2.44 bits per heavy atom. The van der Waals surface area contributed by atoms with E-state index in [1.54, 1.807) is 24.3 Å². The zero-order valence-electron chi connectivity index (χ0n) is 19.0. The number of non-ortho nitro benzene ring substituents is 1. The lowest BCUT2D eigenvalue weighted by Crippen LogP contribution is -2.31. The van der Waals surface area contributed by atoms with Gasteiger partial charge in [0.25, 0.3) is 11.4 Å². The summed E-state index contributed by atoms with van der Waals surface area (Å²) in [6.07, 6.45) is 0.628. The van der Waals surface area contributed by atoms with Crippen LogP contribution >= 0.6 is 35.0 Å². The summed E-state index contributed by atoms with van der Waals surface area (Å²) in [5.74, 6) is 0.0264. The van der Waals surface area contributed by atoms with E-state index < -0.39 is 15.2 Å². The number of hydrogen-bond acceptors (Lipinski definition) is 7. The summed E-state index contributed by atoms with van der Waals surface area (Å²) < 4.78 is 5.54. The number of anilines is 1. The molecule has 0 radical (unpaired) electrons. The van der Waals surface area contributed by atoms with Crippen molar-refractivity contribution in [1.82, 2.24) is 0 Å². The second-order valence-electron chi connectivity index (χ2n) is 8.76. The van der Waals surface area contributed by atoms with Crippen molar-refractivity contribution in [3.8, 4) is 5.75 Å². The van der Waals surface area contributed by atoms with Crippen molar-refractivity contribution >= 4 is 52.0 Å². The number of benzene rings is 3. The molecule has 3 aromatic rings. The molecule has 1 aliphatic heterocycles. The number of ether oxygens (including phenoxy) is 1. The molecule has 0 unspecified atom stereocenters. The van der Waals surface area contributed by atoms with Crippen molar-refractivity contribution < 1.29 is 14.6 Å². The summed E-state index contributed by atoms with van der Waals surface area (Å²) in [6.45, 7) is 0. The minimum Gasteiger partial charge on any atom is -0.494 e. The van der Waals surface area contributed by atoms with Crippen LogP contribution in [0.15, 0.2) is 65.6 Å². The maximum Gasteiger partial charge on any atom is 0.282 e. The van der Waals surface area contributed by atoms with Gasteiger partial charge >= 0.3 is 0 Å². The lowest BCUT2D eigenvalue weighted by Gasteiger charge is -2.39. The van der Waals surface area contributed by atoms with E-state index in [2.05, 4.69) is 5.32 Å². The van der Waals surface area contributed by atoms with Crippen LogP contribution in [0.4, 0.5) is 17.1 Å². The van der Waals surface area contributed by atoms with Crippen molar-refractivity contribution in [3.05, 3.63) is 97.0 Å². The summed E-state index contributed by atoms with van der Waals surface area (Å²) >= 11 is 15.1. The Kier molecular flexibility index (Phi) is 6.72. The minimum absolute atomic E-state index is 0.0275. The van der Waals surface area contributed by atoms with Crippen molar-refractivity contribution in [3.63, 3.8) is 0 Å². The Morgan fingerprint density at radius 1 is 1.03 bits per heavy atom. The SMILES string of the molecule is COc1cc([N+](=O)[O-])cc2c1N[C@@H](c1ccccc1Cl)[C@H]1C[C@@H](Sc3ccccc3[N+](=O)[O-])[C@@H](Cl)[C@H]21. The molecular formula is C25H21Cl2N3O5S. The highest BCUT2D eigenvalue weighted by Crippen LogP contribution is 2.60. The number of halogens is 2. The quantitative estimate of drug-likeness (QED) is 0.198. The monoisotopic (exact) mass is 545 g/mol. The highest BCUT2D eigenvalue weighted by atomic mass is 35.5. The third-order valence-electron chi connectivity index (χ3n) is 6.88. The van der Waals surface area contributed by atoms with Gasteiger partial charge in [-0.15, -0.1) is 23.4 Å². The largest absolute Gasteiger partial charge is 0.494 e. The topological polar surface area (TPSA) is 108 Å². The molecule has 11 heteroatoms. The molecule has 0 amide bonds. The van der Waals surface area contributed by atoms with Crippen LogP contribution in [0.5, 0.6) is 5.75 Å². The predicted molar refractivity (Wildman–Crippen MR) is 141 cm³/mol. The third-order valence-corrected chi connectivity index (χ3v) is 9.34. The Labute approximate surface area is 221 Å². The van der Waals surface area contributed by atoms with E-state index in [0.717, 1.165) is 5.56 Å². The first-order valence-electron chi connectivity index (χ1n) is 11.2. The molecule has 1 heterocycles. The summed E-state index contributed by atoms with van der Waals surface area (Å²) in [5.41, 5.74) is 2.19. The Bertz CT molecular complexity index is 1360. The average Bonchev–Trinajstić information content (AvgIpc) is 3.19. The number of alkyl halides is 1. The Balaban J connectivity index is 1.62. The van der Waals surface area contributed by atoms with Crippen molar-refractivity contribution in [2.45, 2.75) is 33.9 Å². The lowest BCUT2D eigenvalue weighted by atomic mass is 9.77. The molecule has 5 atom stereocenters. The molecule has 5 rings (SSSR count). The standard InChI is InChI=1S/C25H21Cl2N3O5S/c1-35-19-11-13(29(31)32)10-15-22-16(24(28-25(15)19)14-6-2-3-7-17(14)26)12-21(23(22)27)36-20-9-5-4-8-18(20)30(33)34/h2-11,16,21-24,28H,12H2,1H3/t16-,21+,22+,23+,24-/m0/s1. The zero-order chi connectivity index (χ0) is 25.6. The summed E-state index contributed by atoms with van der Waals surface area (Å²) in [4.78, 5) is 23.0. The number of nitro benzene ring substituents is 2. The number of fused-ring (bicyclic) bond motifs is 3. The van der Waals surface area contributed by atoms with Crippen molar-refractivity contribution in [1.29, 1.82) is 0 Å². The van der Waals surface area contributed by atoms with Gasteiger partial charge in [0.2, 0.25) is 0 Å². The Hall–Kier alpha value is -3.01. The smallest absolute Gasteiger partial charge is 0.282 e. The van der Waals surface area contributed by atoms with Gasteiger partial charge in [-0.3, -0.25) is 20.2 Å². The molecule has 8 nitrogen and oxygen atoms in total. The van der Waals surface area contributed by atoms with Gasteiger partial charge < -0.3 is 10.1 Å². The van der Waals surface area contributed by atoms with Gasteiger partial charge in [-0.25, -0.2) is 0 Å². The summed E-state index contributed by atoms with van der Waals surface area (Å²) in [7, 11) is 1.47. The van der Waals surface area contributed by atoms with E-state index in [1.807, 2.05) is 24.3 Å². The van der Waals surface area contributed by atoms with Gasteiger partial charge in [0.15, 0.2) is 0 Å². The maximum absolute atomic E-state index is 11.7. The fraction of sp³-hybridized carbons (Fsp3) is 0.280. The molecule has 1 saturated carbocycles. The van der Waals surface area contributed by atoms with Gasteiger partial charge in [-0.05, 0) is 35.6 Å². The van der Waals surface area contributed by atoms with E-state index in [0.29, 0.717) is 33.3 Å². The predicted octanol–water partition coefficient (Wildman–Crippen LogP) is 7.20. The van der Waals surface area contributed by atoms with Crippen molar-refractivity contribution in [2.75, 3.05) is 12.4 Å². The number of methoxy groups -OCH3 is 1. The normalized spacial score (nSPS) is 24.4. The van der Waals surface area contributed by atoms with E-state index in [9.17, 15) is 20.2 Å². The molecule has 3 aromatic carbocycles. The van der Waals surface area contributed by atoms with E-state index in [-0.39, 0.29) is 34.5 Å². The van der Waals surface area contributed by atoms with E-state index in [1.165, 1.54) is 31.0 Å². The lowest BCUT2D eigenvalue weighted by molar-refractivity contribution is -0.387. The minimum atomic E-state index is -0.449. The van der Waals surface area contributed by atoms with Crippen LogP contribution in [0.25, 0.3) is 0 Å². The second kappa shape index (κ2) is 9.80. The van der Waals surface area contributed by atoms with Gasteiger partial charge in [-0.2, -0.15) is 0 Å². The second-order valence-corrected chi connectivity index (χ2v) is 11.0. The molecule has 2 aliphatic rings. The number of nitro groups is 2. The molecule has 1 aliphatic carbocycles. The molecule has 1 fully saturated rings. The van der Waals surface area contributed by atoms with Crippen molar-refractivity contribution in [2.24, 2.45) is 5.92 Å². The molecule has 186 valence electrons. The molecule has 1 N–H and O–H groups in total. The molecule has 36 heavy (non-hydrogen) atoms. The highest BCUT2D eigenvalue weighted by Gasteiger charge is 2.51. The molecule has 0 aromatic heterocycles. The van der Waals surface area contributed by atoms with Crippen LogP contribution in [-0.2, 0) is 0 Å². The van der Waals surface area contributed by atoms with Gasteiger partial charge in [0.1, 0.15) is 5.75 Å². The van der Waals surface area contributed by atoms with Gasteiger partial charge in [0.05, 0.1) is 45.0 Å². The van der Waals surface area contributed by atoms with Crippen LogP contribution in [0.1, 0.15) is 29.5 Å². The molecule has 0 saturated heterocycles. The number of hydrogen-bond donors (Lipinski definition) is 1. The van der Waals surface area contributed by atoms with Crippen LogP contribution < -0.4 is 10.1 Å². The van der Waals surface area contributed by atoms with Crippen LogP contribution in [0.2, 0.25) is 5.02 Å². The number of nitrogens with one attached hydrogen (secondary N) is 1. The molecule has 0 bridgehead atoms. The van der Waals surface area contributed by atoms with E-state index in [4.69, 9.17) is 27.9 Å². The summed E-state index contributed by atoms with van der Waals surface area (Å²) in [5, 5.41) is 26.8. The maximum atomic E-state index is 11.7. The molecular weight excluding hydrogens is 525 g/mol. The number of rotatable bonds is 6. The first-order chi connectivity index (χ1) is 17.3. The van der Waals surface area contributed by atoms with Gasteiger partial charge in [-0.1, -0.05) is 41.9 Å². The number of thioether (sulfide) groups is 1. The summed E-state index contributed by atoms with van der Waals surface area (Å²) in [6, 6.07) is 16.9. The van der Waals surface area contributed by atoms with Crippen LogP contribution in [0.3, 0.4) is 0 Å². The van der Waals surface area contributed by atoms with Gasteiger partial charge in [0, 0.05) is 28.3 Å². The van der Waals surface area contributed by atoms with E-state index >= 15 is 0 Å². The highest BCUT2D eigenvalue weighted by molar-refractivity contribution is 8.00. The van der Waals surface area contributed by atoms with Crippen LogP contribution in [0, 0.1) is 26.1 Å².